The van der Waals surface area contributed by atoms with Gasteiger partial charge in [-0.3, -0.25) is 0 Å². The van der Waals surface area contributed by atoms with Crippen LogP contribution >= 0.6 is 11.3 Å². The topological polar surface area (TPSA) is 52.8 Å². The second kappa shape index (κ2) is 2.90. The van der Waals surface area contributed by atoms with Crippen molar-refractivity contribution >= 4 is 11.3 Å². The molecule has 0 unspecified atom stereocenters. The van der Waals surface area contributed by atoms with Gasteiger partial charge in [-0.05, 0) is 0 Å². The molecule has 6 heteroatoms. The van der Waals surface area contributed by atoms with Gasteiger partial charge >= 0.3 is 0 Å². The lowest BCUT2D eigenvalue weighted by Gasteiger charge is -1.90. The minimum Gasteiger partial charge on any atom is -0.480 e. The summed E-state index contributed by atoms with van der Waals surface area (Å²) in [7, 11) is 1.58. The average molecular weight is 182 g/mol. The molecule has 0 aliphatic carbocycles. The van der Waals surface area contributed by atoms with Crippen LogP contribution in [-0.2, 0) is 0 Å². The van der Waals surface area contributed by atoms with E-state index in [1.165, 1.54) is 16.1 Å². The van der Waals surface area contributed by atoms with E-state index in [0.717, 1.165) is 0 Å². The second-order valence-electron chi connectivity index (χ2n) is 1.99. The quantitative estimate of drug-likeness (QED) is 0.687. The smallest absolute Gasteiger partial charge is 0.233 e. The molecule has 0 atom stereocenters. The molecule has 2 aromatic heterocycles. The third-order valence-corrected chi connectivity index (χ3v) is 2.05. The highest BCUT2D eigenvalue weighted by Crippen LogP contribution is 2.17. The van der Waals surface area contributed by atoms with Gasteiger partial charge in [0.25, 0.3) is 0 Å². The number of hydrogen-bond donors (Lipinski definition) is 0. The van der Waals surface area contributed by atoms with Gasteiger partial charge in [0.1, 0.15) is 0 Å². The fourth-order valence-corrected chi connectivity index (χ4v) is 1.44. The Balaban J connectivity index is 2.35. The highest BCUT2D eigenvalue weighted by atomic mass is 32.1. The van der Waals surface area contributed by atoms with Gasteiger partial charge in [0, 0.05) is 0 Å². The maximum absolute atomic E-state index is 4.92. The van der Waals surface area contributed by atoms with Gasteiger partial charge in [0.2, 0.25) is 11.0 Å². The first-order valence-electron chi connectivity index (χ1n) is 3.26. The Morgan fingerprint density at radius 1 is 1.42 bits per heavy atom. The molecule has 0 aromatic carbocycles. The molecule has 0 radical (unpaired) electrons. The predicted octanol–water partition coefficient (Wildman–Crippen LogP) is 0.732. The van der Waals surface area contributed by atoms with E-state index in [1.54, 1.807) is 24.9 Å². The molecule has 0 aliphatic rings. The molecule has 0 aliphatic heterocycles. The number of ether oxygens (including phenoxy) is 1. The van der Waals surface area contributed by atoms with E-state index >= 15 is 0 Å². The molecule has 62 valence electrons. The van der Waals surface area contributed by atoms with Crippen LogP contribution in [0.3, 0.4) is 0 Å². The van der Waals surface area contributed by atoms with Crippen LogP contribution in [0.5, 0.6) is 5.88 Å². The molecule has 12 heavy (non-hydrogen) atoms. The second-order valence-corrected chi connectivity index (χ2v) is 2.83. The molecular formula is C6H6N4OS. The van der Waals surface area contributed by atoms with Gasteiger partial charge in [0.05, 0.1) is 24.9 Å². The average Bonchev–Trinajstić information content (AvgIpc) is 2.75. The first-order chi connectivity index (χ1) is 5.90. The molecule has 0 N–H and O–H groups in total. The first-order valence-corrected chi connectivity index (χ1v) is 4.14. The fraction of sp³-hybridized carbons (Fsp3) is 0.167. The van der Waals surface area contributed by atoms with Crippen LogP contribution in [0.1, 0.15) is 0 Å². The van der Waals surface area contributed by atoms with E-state index < -0.39 is 0 Å². The molecule has 2 rings (SSSR count). The summed E-state index contributed by atoms with van der Waals surface area (Å²) in [5.41, 5.74) is 0. The molecule has 0 saturated heterocycles. The Kier molecular flexibility index (Phi) is 1.75. The number of thiazole rings is 1. The Labute approximate surface area is 72.6 Å². The molecule has 0 spiro atoms. The van der Waals surface area contributed by atoms with Crippen LogP contribution in [-0.4, -0.2) is 27.1 Å². The lowest BCUT2D eigenvalue weighted by atomic mass is 10.9. The minimum absolute atomic E-state index is 0.590. The van der Waals surface area contributed by atoms with E-state index in [9.17, 15) is 0 Å². The Morgan fingerprint density at radius 2 is 2.17 bits per heavy atom. The maximum atomic E-state index is 4.92. The van der Waals surface area contributed by atoms with Gasteiger partial charge in [-0.2, -0.15) is 15.2 Å². The number of rotatable bonds is 2. The van der Waals surface area contributed by atoms with E-state index in [2.05, 4.69) is 15.2 Å². The Morgan fingerprint density at radius 3 is 2.75 bits per heavy atom. The molecule has 0 bridgehead atoms. The molecule has 2 aromatic rings. The van der Waals surface area contributed by atoms with Crippen LogP contribution in [0.15, 0.2) is 17.8 Å². The summed E-state index contributed by atoms with van der Waals surface area (Å²) in [6, 6.07) is 0. The summed E-state index contributed by atoms with van der Waals surface area (Å²) in [4.78, 5) is 5.56. The van der Waals surface area contributed by atoms with E-state index in [4.69, 9.17) is 4.74 Å². The summed E-state index contributed by atoms with van der Waals surface area (Å²) in [5.74, 6) is 0.590. The van der Waals surface area contributed by atoms with Crippen LogP contribution in [0, 0.1) is 0 Å². The van der Waals surface area contributed by atoms with Crippen molar-refractivity contribution < 1.29 is 4.74 Å². The largest absolute Gasteiger partial charge is 0.480 e. The summed E-state index contributed by atoms with van der Waals surface area (Å²) in [6.45, 7) is 0. The van der Waals surface area contributed by atoms with Crippen molar-refractivity contribution in [2.45, 2.75) is 0 Å². The molecule has 2 heterocycles. The number of nitrogens with zero attached hydrogens (tertiary/aromatic N) is 4. The summed E-state index contributed by atoms with van der Waals surface area (Å²) >= 11 is 1.43. The zero-order chi connectivity index (χ0) is 8.39. The zero-order valence-electron chi connectivity index (χ0n) is 6.34. The van der Waals surface area contributed by atoms with Gasteiger partial charge in [-0.25, -0.2) is 0 Å². The summed E-state index contributed by atoms with van der Waals surface area (Å²) in [6.07, 6.45) is 3.21. The molecule has 0 saturated carbocycles. The highest BCUT2D eigenvalue weighted by molar-refractivity contribution is 7.12. The first kappa shape index (κ1) is 7.23. The molecule has 0 fully saturated rings. The summed E-state index contributed by atoms with van der Waals surface area (Å²) in [5, 5.41) is 10.4. The fourth-order valence-electron chi connectivity index (χ4n) is 0.750. The zero-order valence-corrected chi connectivity index (χ0v) is 7.15. The summed E-state index contributed by atoms with van der Waals surface area (Å²) < 4.78 is 4.92. The van der Waals surface area contributed by atoms with Crippen molar-refractivity contribution in [1.29, 1.82) is 0 Å². The predicted molar refractivity (Wildman–Crippen MR) is 43.6 cm³/mol. The van der Waals surface area contributed by atoms with Gasteiger partial charge in [-0.1, -0.05) is 11.3 Å². The van der Waals surface area contributed by atoms with Crippen LogP contribution in [0.2, 0.25) is 0 Å². The standard InChI is InChI=1S/C6H6N4OS/c1-11-5-4-12-6(9-5)10-7-2-3-8-10/h2-4H,1H3. The lowest BCUT2D eigenvalue weighted by molar-refractivity contribution is 0.400. The third kappa shape index (κ3) is 1.16. The monoisotopic (exact) mass is 182 g/mol. The molecule has 0 amide bonds. The third-order valence-electron chi connectivity index (χ3n) is 1.27. The van der Waals surface area contributed by atoms with Crippen LogP contribution in [0.25, 0.3) is 5.13 Å². The normalized spacial score (nSPS) is 10.1. The number of aromatic nitrogens is 4. The minimum atomic E-state index is 0.590. The number of hydrogen-bond acceptors (Lipinski definition) is 5. The van der Waals surface area contributed by atoms with Crippen molar-refractivity contribution in [2.75, 3.05) is 7.11 Å². The van der Waals surface area contributed by atoms with Crippen molar-refractivity contribution in [1.82, 2.24) is 20.0 Å². The van der Waals surface area contributed by atoms with Gasteiger partial charge < -0.3 is 4.74 Å². The van der Waals surface area contributed by atoms with E-state index in [-0.39, 0.29) is 0 Å². The van der Waals surface area contributed by atoms with E-state index in [1.807, 2.05) is 0 Å². The van der Waals surface area contributed by atoms with Crippen molar-refractivity contribution in [3.05, 3.63) is 17.8 Å². The van der Waals surface area contributed by atoms with Gasteiger partial charge in [0.15, 0.2) is 0 Å². The lowest BCUT2D eigenvalue weighted by Crippen LogP contribution is -1.97. The molecular weight excluding hydrogens is 176 g/mol. The Bertz CT molecular complexity index is 355. The van der Waals surface area contributed by atoms with Crippen molar-refractivity contribution in [3.8, 4) is 11.0 Å². The van der Waals surface area contributed by atoms with Crippen LogP contribution in [0.4, 0.5) is 0 Å². The Hall–Kier alpha value is -1.43. The highest BCUT2D eigenvalue weighted by Gasteiger charge is 2.03. The SMILES string of the molecule is COc1csc(-n2nccn2)n1. The van der Waals surface area contributed by atoms with Crippen LogP contribution < -0.4 is 4.74 Å². The van der Waals surface area contributed by atoms with Crippen molar-refractivity contribution in [3.63, 3.8) is 0 Å². The molecule has 5 nitrogen and oxygen atoms in total. The van der Waals surface area contributed by atoms with Crippen molar-refractivity contribution in [2.24, 2.45) is 0 Å². The van der Waals surface area contributed by atoms with Gasteiger partial charge in [-0.15, -0.1) is 4.80 Å². The van der Waals surface area contributed by atoms with E-state index in [0.29, 0.717) is 11.0 Å². The number of methoxy groups -OCH3 is 1. The maximum Gasteiger partial charge on any atom is 0.233 e.